The van der Waals surface area contributed by atoms with Crippen molar-refractivity contribution in [1.29, 1.82) is 0 Å². The van der Waals surface area contributed by atoms with Crippen LogP contribution in [0.5, 0.6) is 11.5 Å². The van der Waals surface area contributed by atoms with Crippen LogP contribution in [0.2, 0.25) is 0 Å². The van der Waals surface area contributed by atoms with E-state index in [0.717, 1.165) is 5.56 Å². The number of carbonyl (C=O) groups is 2. The van der Waals surface area contributed by atoms with Gasteiger partial charge in [0.1, 0.15) is 11.5 Å². The molecule has 0 aliphatic heterocycles. The molecule has 0 atom stereocenters. The molecule has 1 N–H and O–H groups in total. The van der Waals surface area contributed by atoms with Crippen molar-refractivity contribution >= 4 is 18.1 Å². The molecule has 0 bridgehead atoms. The number of carbonyl (C=O) groups excluding carboxylic acids is 2. The van der Waals surface area contributed by atoms with Crippen molar-refractivity contribution in [1.82, 2.24) is 5.43 Å². The molecule has 1 amide bonds. The minimum atomic E-state index is -0.418. The fourth-order valence-corrected chi connectivity index (χ4v) is 1.87. The SMILES string of the molecule is CCOC(=O)COc1ccc(/C=N\NC(=O)COc2ccccc2)cc1. The summed E-state index contributed by atoms with van der Waals surface area (Å²) >= 11 is 0. The van der Waals surface area contributed by atoms with Crippen LogP contribution in [0.25, 0.3) is 0 Å². The molecule has 0 saturated carbocycles. The molecule has 2 rings (SSSR count). The normalized spacial score (nSPS) is 10.3. The number of hydrazone groups is 1. The molecule has 26 heavy (non-hydrogen) atoms. The van der Waals surface area contributed by atoms with Crippen LogP contribution < -0.4 is 14.9 Å². The predicted molar refractivity (Wildman–Crippen MR) is 96.2 cm³/mol. The first-order valence-electron chi connectivity index (χ1n) is 8.05. The van der Waals surface area contributed by atoms with Crippen LogP contribution in [-0.2, 0) is 14.3 Å². The summed E-state index contributed by atoms with van der Waals surface area (Å²) in [5.41, 5.74) is 3.15. The largest absolute Gasteiger partial charge is 0.484 e. The van der Waals surface area contributed by atoms with Crippen LogP contribution in [-0.4, -0.2) is 37.9 Å². The van der Waals surface area contributed by atoms with Crippen molar-refractivity contribution in [2.24, 2.45) is 5.10 Å². The molecule has 0 fully saturated rings. The molecular formula is C19H20N2O5. The Morgan fingerprint density at radius 1 is 0.962 bits per heavy atom. The van der Waals surface area contributed by atoms with E-state index in [1.807, 2.05) is 18.2 Å². The summed E-state index contributed by atoms with van der Waals surface area (Å²) in [4.78, 5) is 22.9. The molecule has 0 aromatic heterocycles. The topological polar surface area (TPSA) is 86.2 Å². The van der Waals surface area contributed by atoms with Gasteiger partial charge in [-0.3, -0.25) is 4.79 Å². The molecule has 136 valence electrons. The van der Waals surface area contributed by atoms with Crippen molar-refractivity contribution in [3.05, 3.63) is 60.2 Å². The van der Waals surface area contributed by atoms with Gasteiger partial charge in [0.15, 0.2) is 13.2 Å². The van der Waals surface area contributed by atoms with E-state index in [2.05, 4.69) is 10.5 Å². The van der Waals surface area contributed by atoms with Crippen LogP contribution in [0.15, 0.2) is 59.7 Å². The number of hydrogen-bond acceptors (Lipinski definition) is 6. The van der Waals surface area contributed by atoms with Gasteiger partial charge in [-0.1, -0.05) is 18.2 Å². The number of esters is 1. The van der Waals surface area contributed by atoms with Crippen LogP contribution in [0.3, 0.4) is 0 Å². The number of benzene rings is 2. The molecule has 0 spiro atoms. The Hall–Kier alpha value is -3.35. The highest BCUT2D eigenvalue weighted by Crippen LogP contribution is 2.11. The molecule has 0 unspecified atom stereocenters. The Kier molecular flexibility index (Phi) is 7.67. The average molecular weight is 356 g/mol. The monoisotopic (exact) mass is 356 g/mol. The maximum Gasteiger partial charge on any atom is 0.344 e. The Labute approximate surface area is 151 Å². The van der Waals surface area contributed by atoms with Crippen LogP contribution in [0, 0.1) is 0 Å². The Morgan fingerprint density at radius 2 is 1.62 bits per heavy atom. The van der Waals surface area contributed by atoms with Crippen LogP contribution in [0.4, 0.5) is 0 Å². The lowest BCUT2D eigenvalue weighted by atomic mass is 10.2. The van der Waals surface area contributed by atoms with Gasteiger partial charge in [-0.15, -0.1) is 0 Å². The number of nitrogens with one attached hydrogen (secondary N) is 1. The maximum atomic E-state index is 11.6. The quantitative estimate of drug-likeness (QED) is 0.423. The average Bonchev–Trinajstić information content (AvgIpc) is 2.67. The number of hydrogen-bond donors (Lipinski definition) is 1. The molecule has 0 radical (unpaired) electrons. The van der Waals surface area contributed by atoms with E-state index in [9.17, 15) is 9.59 Å². The van der Waals surface area contributed by atoms with Crippen molar-refractivity contribution in [3.8, 4) is 11.5 Å². The number of rotatable bonds is 9. The van der Waals surface area contributed by atoms with Crippen molar-refractivity contribution in [2.75, 3.05) is 19.8 Å². The van der Waals surface area contributed by atoms with Gasteiger partial charge in [0.25, 0.3) is 5.91 Å². The Balaban J connectivity index is 1.72. The first kappa shape index (κ1) is 19.0. The van der Waals surface area contributed by atoms with Gasteiger partial charge in [0.2, 0.25) is 0 Å². The summed E-state index contributed by atoms with van der Waals surface area (Å²) in [6, 6.07) is 15.9. The third-order valence-corrected chi connectivity index (χ3v) is 3.06. The van der Waals surface area contributed by atoms with Crippen molar-refractivity contribution in [2.45, 2.75) is 6.92 Å². The number of para-hydroxylation sites is 1. The predicted octanol–water partition coefficient (Wildman–Crippen LogP) is 2.16. The van der Waals surface area contributed by atoms with Gasteiger partial charge in [0, 0.05) is 0 Å². The summed E-state index contributed by atoms with van der Waals surface area (Å²) in [6.45, 7) is 1.79. The fourth-order valence-electron chi connectivity index (χ4n) is 1.87. The molecule has 0 aliphatic carbocycles. The molecular weight excluding hydrogens is 336 g/mol. The minimum Gasteiger partial charge on any atom is -0.484 e. The van der Waals surface area contributed by atoms with E-state index in [-0.39, 0.29) is 19.1 Å². The maximum absolute atomic E-state index is 11.6. The second-order valence-electron chi connectivity index (χ2n) is 5.06. The van der Waals surface area contributed by atoms with E-state index in [1.54, 1.807) is 43.3 Å². The zero-order valence-electron chi connectivity index (χ0n) is 14.4. The van der Waals surface area contributed by atoms with E-state index >= 15 is 0 Å². The molecule has 0 aliphatic rings. The molecule has 2 aromatic carbocycles. The lowest BCUT2D eigenvalue weighted by molar-refractivity contribution is -0.145. The van der Waals surface area contributed by atoms with E-state index in [1.165, 1.54) is 6.21 Å². The smallest absolute Gasteiger partial charge is 0.344 e. The number of amides is 1. The molecule has 0 heterocycles. The van der Waals surface area contributed by atoms with Gasteiger partial charge >= 0.3 is 5.97 Å². The third kappa shape index (κ3) is 7.04. The number of ether oxygens (including phenoxy) is 3. The van der Waals surface area contributed by atoms with E-state index < -0.39 is 5.97 Å². The molecule has 7 heteroatoms. The van der Waals surface area contributed by atoms with Crippen molar-refractivity contribution < 1.29 is 23.8 Å². The summed E-state index contributed by atoms with van der Waals surface area (Å²) in [7, 11) is 0. The minimum absolute atomic E-state index is 0.123. The lowest BCUT2D eigenvalue weighted by Crippen LogP contribution is -2.24. The highest BCUT2D eigenvalue weighted by molar-refractivity contribution is 5.83. The highest BCUT2D eigenvalue weighted by atomic mass is 16.6. The summed E-state index contributed by atoms with van der Waals surface area (Å²) in [5, 5.41) is 3.86. The molecule has 2 aromatic rings. The first-order chi connectivity index (χ1) is 12.7. The molecule has 7 nitrogen and oxygen atoms in total. The second kappa shape index (κ2) is 10.5. The number of nitrogens with zero attached hydrogens (tertiary/aromatic N) is 1. The lowest BCUT2D eigenvalue weighted by Gasteiger charge is -2.06. The summed E-state index contributed by atoms with van der Waals surface area (Å²) < 4.78 is 15.4. The second-order valence-corrected chi connectivity index (χ2v) is 5.06. The summed E-state index contributed by atoms with van der Waals surface area (Å²) in [6.07, 6.45) is 1.50. The highest BCUT2D eigenvalue weighted by Gasteiger charge is 2.03. The van der Waals surface area contributed by atoms with Gasteiger partial charge in [-0.2, -0.15) is 5.10 Å². The molecule has 0 saturated heterocycles. The van der Waals surface area contributed by atoms with E-state index in [0.29, 0.717) is 18.1 Å². The van der Waals surface area contributed by atoms with Gasteiger partial charge < -0.3 is 14.2 Å². The third-order valence-electron chi connectivity index (χ3n) is 3.06. The zero-order valence-corrected chi connectivity index (χ0v) is 14.4. The van der Waals surface area contributed by atoms with Gasteiger partial charge in [-0.25, -0.2) is 10.2 Å². The Bertz CT molecular complexity index is 729. The van der Waals surface area contributed by atoms with Crippen molar-refractivity contribution in [3.63, 3.8) is 0 Å². The Morgan fingerprint density at radius 3 is 2.31 bits per heavy atom. The standard InChI is InChI=1S/C19H20N2O5/c1-2-24-19(23)14-26-17-10-8-15(9-11-17)12-20-21-18(22)13-25-16-6-4-3-5-7-16/h3-12H,2,13-14H2,1H3,(H,21,22)/b20-12-. The first-order valence-corrected chi connectivity index (χ1v) is 8.05. The fraction of sp³-hybridized carbons (Fsp3) is 0.211. The zero-order chi connectivity index (χ0) is 18.6. The van der Waals surface area contributed by atoms with Gasteiger partial charge in [0.05, 0.1) is 12.8 Å². The summed E-state index contributed by atoms with van der Waals surface area (Å²) in [5.74, 6) is 0.374. The van der Waals surface area contributed by atoms with Gasteiger partial charge in [-0.05, 0) is 48.9 Å². The van der Waals surface area contributed by atoms with Crippen LogP contribution in [0.1, 0.15) is 12.5 Å². The van der Waals surface area contributed by atoms with Crippen LogP contribution >= 0.6 is 0 Å². The van der Waals surface area contributed by atoms with E-state index in [4.69, 9.17) is 14.2 Å².